The van der Waals surface area contributed by atoms with Crippen LogP contribution in [0.1, 0.15) is 36.4 Å². The Morgan fingerprint density at radius 1 is 1.17 bits per heavy atom. The van der Waals surface area contributed by atoms with Gasteiger partial charge < -0.3 is 5.32 Å². The van der Waals surface area contributed by atoms with Gasteiger partial charge in [0.1, 0.15) is 0 Å². The van der Waals surface area contributed by atoms with Crippen LogP contribution < -0.4 is 5.32 Å². The fourth-order valence-corrected chi connectivity index (χ4v) is 3.80. The smallest absolute Gasteiger partial charge is 0.314 e. The van der Waals surface area contributed by atoms with E-state index in [1.807, 2.05) is 0 Å². The summed E-state index contributed by atoms with van der Waals surface area (Å²) < 4.78 is 40.4. The standard InChI is InChI=1S/C16H20ClF3N2.ClH/c17-13-6-2-5-12(16(18,19)20)14(13)15(11-3-1-4-11)22-9-7-21-8-10-22;/h2,5-6,11,15,21H,1,3-4,7-10H2;1H/t15-;/m1./s1. The third-order valence-corrected chi connectivity index (χ3v) is 5.13. The number of halogens is 5. The maximum absolute atomic E-state index is 13.5. The van der Waals surface area contributed by atoms with Crippen molar-refractivity contribution < 1.29 is 13.2 Å². The van der Waals surface area contributed by atoms with Crippen molar-refractivity contribution in [2.45, 2.75) is 31.5 Å². The van der Waals surface area contributed by atoms with Gasteiger partial charge in [-0.3, -0.25) is 4.90 Å². The van der Waals surface area contributed by atoms with Gasteiger partial charge in [0, 0.05) is 42.8 Å². The number of alkyl halides is 3. The normalized spacial score (nSPS) is 21.4. The minimum Gasteiger partial charge on any atom is -0.314 e. The average molecular weight is 369 g/mol. The van der Waals surface area contributed by atoms with Crippen LogP contribution in [0.15, 0.2) is 18.2 Å². The summed E-state index contributed by atoms with van der Waals surface area (Å²) in [5.74, 6) is 0.277. The highest BCUT2D eigenvalue weighted by Gasteiger charge is 2.41. The van der Waals surface area contributed by atoms with Crippen LogP contribution in [0, 0.1) is 5.92 Å². The summed E-state index contributed by atoms with van der Waals surface area (Å²) in [4.78, 5) is 2.18. The summed E-state index contributed by atoms with van der Waals surface area (Å²) in [6.07, 6.45) is -1.30. The zero-order valence-corrected chi connectivity index (χ0v) is 14.3. The molecule has 0 radical (unpaired) electrons. The highest BCUT2D eigenvalue weighted by molar-refractivity contribution is 6.31. The maximum atomic E-state index is 13.5. The summed E-state index contributed by atoms with van der Waals surface area (Å²) >= 11 is 6.23. The molecule has 1 aliphatic carbocycles. The molecule has 23 heavy (non-hydrogen) atoms. The molecule has 130 valence electrons. The summed E-state index contributed by atoms with van der Waals surface area (Å²) in [7, 11) is 0. The van der Waals surface area contributed by atoms with Gasteiger partial charge in [-0.25, -0.2) is 0 Å². The maximum Gasteiger partial charge on any atom is 0.416 e. The molecule has 7 heteroatoms. The molecule has 1 aromatic carbocycles. The average Bonchev–Trinajstić information content (AvgIpc) is 2.43. The molecule has 0 unspecified atom stereocenters. The predicted octanol–water partition coefficient (Wildman–Crippen LogP) is 4.53. The van der Waals surface area contributed by atoms with Gasteiger partial charge in [0.2, 0.25) is 0 Å². The second-order valence-corrected chi connectivity index (χ2v) is 6.53. The molecule has 2 fully saturated rings. The molecule has 1 aromatic rings. The molecule has 0 bridgehead atoms. The Hall–Kier alpha value is -0.490. The molecular formula is C16H21Cl2F3N2. The summed E-state index contributed by atoms with van der Waals surface area (Å²) in [6.45, 7) is 3.16. The fraction of sp³-hybridized carbons (Fsp3) is 0.625. The molecule has 0 spiro atoms. The number of hydrogen-bond acceptors (Lipinski definition) is 2. The van der Waals surface area contributed by atoms with Gasteiger partial charge in [-0.05, 0) is 30.9 Å². The van der Waals surface area contributed by atoms with E-state index in [0.29, 0.717) is 0 Å². The number of hydrogen-bond donors (Lipinski definition) is 1. The van der Waals surface area contributed by atoms with Gasteiger partial charge in [-0.2, -0.15) is 13.2 Å². The molecule has 1 aliphatic heterocycles. The topological polar surface area (TPSA) is 15.3 Å². The number of nitrogens with one attached hydrogen (secondary N) is 1. The minimum absolute atomic E-state index is 0. The second-order valence-electron chi connectivity index (χ2n) is 6.12. The summed E-state index contributed by atoms with van der Waals surface area (Å²) in [5.41, 5.74) is -0.293. The van der Waals surface area contributed by atoms with Gasteiger partial charge in [-0.15, -0.1) is 12.4 Å². The molecule has 2 aliphatic rings. The van der Waals surface area contributed by atoms with E-state index in [9.17, 15) is 13.2 Å². The van der Waals surface area contributed by atoms with Crippen molar-refractivity contribution in [1.29, 1.82) is 0 Å². The molecule has 1 heterocycles. The molecule has 0 aromatic heterocycles. The van der Waals surface area contributed by atoms with Crippen molar-refractivity contribution in [3.05, 3.63) is 34.3 Å². The van der Waals surface area contributed by atoms with E-state index in [0.717, 1.165) is 51.5 Å². The van der Waals surface area contributed by atoms with E-state index in [-0.39, 0.29) is 35.0 Å². The monoisotopic (exact) mass is 368 g/mol. The predicted molar refractivity (Wildman–Crippen MR) is 88.2 cm³/mol. The lowest BCUT2D eigenvalue weighted by atomic mass is 9.75. The molecule has 2 nitrogen and oxygen atoms in total. The van der Waals surface area contributed by atoms with Crippen molar-refractivity contribution in [2.24, 2.45) is 5.92 Å². The third kappa shape index (κ3) is 3.95. The Kier molecular flexibility index (Phi) is 6.22. The zero-order valence-electron chi connectivity index (χ0n) is 12.7. The van der Waals surface area contributed by atoms with Crippen LogP contribution in [0.2, 0.25) is 5.02 Å². The van der Waals surface area contributed by atoms with Crippen LogP contribution in [-0.2, 0) is 6.18 Å². The van der Waals surface area contributed by atoms with Crippen molar-refractivity contribution in [2.75, 3.05) is 26.2 Å². The van der Waals surface area contributed by atoms with Crippen molar-refractivity contribution >= 4 is 24.0 Å². The number of rotatable bonds is 3. The van der Waals surface area contributed by atoms with Crippen LogP contribution in [0.25, 0.3) is 0 Å². The number of piperazine rings is 1. The number of nitrogens with zero attached hydrogens (tertiary/aromatic N) is 1. The van der Waals surface area contributed by atoms with E-state index < -0.39 is 11.7 Å². The van der Waals surface area contributed by atoms with Crippen LogP contribution in [-0.4, -0.2) is 31.1 Å². The van der Waals surface area contributed by atoms with Crippen molar-refractivity contribution in [1.82, 2.24) is 10.2 Å². The Balaban J connectivity index is 0.00000192. The Morgan fingerprint density at radius 3 is 2.35 bits per heavy atom. The van der Waals surface area contributed by atoms with E-state index >= 15 is 0 Å². The molecule has 1 saturated heterocycles. The molecule has 3 rings (SSSR count). The highest BCUT2D eigenvalue weighted by atomic mass is 35.5. The first kappa shape index (κ1) is 18.8. The van der Waals surface area contributed by atoms with Crippen LogP contribution in [0.4, 0.5) is 13.2 Å². The fourth-order valence-electron chi connectivity index (χ4n) is 3.52. The second kappa shape index (κ2) is 7.60. The lowest BCUT2D eigenvalue weighted by Crippen LogP contribution is -2.48. The lowest BCUT2D eigenvalue weighted by molar-refractivity contribution is -0.139. The summed E-state index contributed by atoms with van der Waals surface area (Å²) in [5, 5.41) is 3.50. The molecule has 1 saturated carbocycles. The van der Waals surface area contributed by atoms with Crippen molar-refractivity contribution in [3.63, 3.8) is 0 Å². The minimum atomic E-state index is -4.36. The highest BCUT2D eigenvalue weighted by Crippen LogP contribution is 2.47. The number of benzene rings is 1. The third-order valence-electron chi connectivity index (χ3n) is 4.80. The molecule has 0 amide bonds. The van der Waals surface area contributed by atoms with Gasteiger partial charge >= 0.3 is 6.18 Å². The zero-order chi connectivity index (χ0) is 15.7. The van der Waals surface area contributed by atoms with E-state index in [1.165, 1.54) is 6.07 Å². The Morgan fingerprint density at radius 2 is 1.83 bits per heavy atom. The summed E-state index contributed by atoms with van der Waals surface area (Å²) in [6, 6.07) is 3.92. The van der Waals surface area contributed by atoms with Crippen LogP contribution in [0.3, 0.4) is 0 Å². The molecular weight excluding hydrogens is 348 g/mol. The Labute approximate surface area is 145 Å². The van der Waals surface area contributed by atoms with E-state index in [4.69, 9.17) is 11.6 Å². The Bertz CT molecular complexity index is 527. The lowest BCUT2D eigenvalue weighted by Gasteiger charge is -2.44. The largest absolute Gasteiger partial charge is 0.416 e. The van der Waals surface area contributed by atoms with E-state index in [1.54, 1.807) is 6.07 Å². The molecule has 1 N–H and O–H groups in total. The quantitative estimate of drug-likeness (QED) is 0.843. The van der Waals surface area contributed by atoms with Crippen LogP contribution in [0.5, 0.6) is 0 Å². The van der Waals surface area contributed by atoms with Crippen molar-refractivity contribution in [3.8, 4) is 0 Å². The first-order valence-electron chi connectivity index (χ1n) is 7.79. The van der Waals surface area contributed by atoms with Gasteiger partial charge in [0.05, 0.1) is 5.56 Å². The first-order valence-corrected chi connectivity index (χ1v) is 8.16. The first-order chi connectivity index (χ1) is 10.5. The SMILES string of the molecule is Cl.FC(F)(F)c1cccc(Cl)c1[C@@H](C1CCC1)N1CCNCC1. The van der Waals surface area contributed by atoms with E-state index in [2.05, 4.69) is 10.2 Å². The van der Waals surface area contributed by atoms with Gasteiger partial charge in [0.25, 0.3) is 0 Å². The van der Waals surface area contributed by atoms with Gasteiger partial charge in [0.15, 0.2) is 0 Å². The van der Waals surface area contributed by atoms with Crippen LogP contribution >= 0.6 is 24.0 Å². The molecule has 1 atom stereocenters. The van der Waals surface area contributed by atoms with Gasteiger partial charge in [-0.1, -0.05) is 24.1 Å².